The number of benzene rings is 1. The number of hydrogen-bond acceptors (Lipinski definition) is 4. The summed E-state index contributed by atoms with van der Waals surface area (Å²) in [7, 11) is -4.57. The maximum absolute atomic E-state index is 11.7. The van der Waals surface area contributed by atoms with Crippen LogP contribution in [0.2, 0.25) is 0 Å². The standard InChI is InChI=1S/C11H15NO4S.Na/c1-11(2,3)12(13)8-9-6-4-5-7-10(9)17(14,15)16;/h4-8H,1-3H3,(H,14,15,16);/q;+1/p-1/b12-8+;. The fourth-order valence-electron chi connectivity index (χ4n) is 1.13. The van der Waals surface area contributed by atoms with Crippen LogP contribution in [-0.4, -0.2) is 29.5 Å². The van der Waals surface area contributed by atoms with Gasteiger partial charge in [-0.1, -0.05) is 12.1 Å². The number of nitrogens with zero attached hydrogens (tertiary/aromatic N) is 1. The van der Waals surface area contributed by atoms with Crippen molar-refractivity contribution < 1.29 is 47.3 Å². The van der Waals surface area contributed by atoms with Crippen molar-refractivity contribution in [1.29, 1.82) is 0 Å². The Morgan fingerprint density at radius 1 is 1.22 bits per heavy atom. The number of hydroxylamine groups is 1. The fraction of sp³-hybridized carbons (Fsp3) is 0.364. The molecule has 0 aliphatic rings. The van der Waals surface area contributed by atoms with E-state index < -0.39 is 15.7 Å². The van der Waals surface area contributed by atoms with E-state index in [2.05, 4.69) is 0 Å². The van der Waals surface area contributed by atoms with E-state index in [-0.39, 0.29) is 40.0 Å². The number of rotatable bonds is 2. The van der Waals surface area contributed by atoms with Crippen molar-refractivity contribution in [3.05, 3.63) is 35.0 Å². The molecule has 0 aliphatic carbocycles. The van der Waals surface area contributed by atoms with Gasteiger partial charge in [0.2, 0.25) is 0 Å². The second-order valence-corrected chi connectivity index (χ2v) is 5.97. The van der Waals surface area contributed by atoms with Crippen LogP contribution in [0.4, 0.5) is 0 Å². The molecule has 1 rings (SSSR count). The van der Waals surface area contributed by atoms with Crippen molar-refractivity contribution in [1.82, 2.24) is 0 Å². The molecule has 5 nitrogen and oxygen atoms in total. The van der Waals surface area contributed by atoms with Crippen molar-refractivity contribution in [2.75, 3.05) is 0 Å². The van der Waals surface area contributed by atoms with E-state index in [1.807, 2.05) is 0 Å². The summed E-state index contributed by atoms with van der Waals surface area (Å²) in [6.07, 6.45) is 1.12. The molecule has 0 aliphatic heterocycles. The summed E-state index contributed by atoms with van der Waals surface area (Å²) in [5.74, 6) is 0. The van der Waals surface area contributed by atoms with Gasteiger partial charge in [-0.2, -0.15) is 0 Å². The van der Waals surface area contributed by atoms with Crippen molar-refractivity contribution in [2.45, 2.75) is 31.2 Å². The predicted octanol–water partition coefficient (Wildman–Crippen LogP) is -1.68. The van der Waals surface area contributed by atoms with E-state index in [1.54, 1.807) is 26.8 Å². The summed E-state index contributed by atoms with van der Waals surface area (Å²) in [6.45, 7) is 5.06. The third-order valence-electron chi connectivity index (χ3n) is 2.11. The van der Waals surface area contributed by atoms with E-state index in [0.717, 1.165) is 6.21 Å². The van der Waals surface area contributed by atoms with Crippen molar-refractivity contribution in [3.8, 4) is 0 Å². The van der Waals surface area contributed by atoms with Crippen molar-refractivity contribution >= 4 is 16.3 Å². The average molecular weight is 279 g/mol. The van der Waals surface area contributed by atoms with Crippen molar-refractivity contribution in [2.24, 2.45) is 0 Å². The van der Waals surface area contributed by atoms with Gasteiger partial charge < -0.3 is 9.76 Å². The van der Waals surface area contributed by atoms with E-state index >= 15 is 0 Å². The smallest absolute Gasteiger partial charge is 0.744 e. The summed E-state index contributed by atoms with van der Waals surface area (Å²) in [5, 5.41) is 11.7. The molecule has 18 heavy (non-hydrogen) atoms. The Bertz CT molecular complexity index is 546. The SMILES string of the molecule is CC(C)(C)/[N+]([O-])=C\c1ccccc1S(=O)(=O)[O-].[Na+]. The van der Waals surface area contributed by atoms with Gasteiger partial charge in [-0.25, -0.2) is 13.2 Å². The minimum Gasteiger partial charge on any atom is -0.744 e. The molecule has 0 aromatic heterocycles. The van der Waals surface area contributed by atoms with Gasteiger partial charge >= 0.3 is 29.6 Å². The molecule has 7 heteroatoms. The molecule has 0 bridgehead atoms. The molecule has 0 unspecified atom stereocenters. The molecule has 1 aromatic carbocycles. The van der Waals surface area contributed by atoms with E-state index in [9.17, 15) is 18.2 Å². The van der Waals surface area contributed by atoms with Crippen LogP contribution < -0.4 is 29.6 Å². The second kappa shape index (κ2) is 6.16. The maximum atomic E-state index is 11.7. The van der Waals surface area contributed by atoms with Gasteiger partial charge in [0.15, 0.2) is 11.8 Å². The van der Waals surface area contributed by atoms with E-state index in [0.29, 0.717) is 4.74 Å². The Labute approximate surface area is 129 Å². The Balaban J connectivity index is 0.00000289. The normalized spacial score (nSPS) is 13.0. The molecular formula is C11H14NNaO4S. The van der Waals surface area contributed by atoms with Gasteiger partial charge in [0.1, 0.15) is 10.1 Å². The van der Waals surface area contributed by atoms with Crippen LogP contribution in [0, 0.1) is 5.21 Å². The first-order valence-corrected chi connectivity index (χ1v) is 6.39. The first kappa shape index (κ1) is 17.6. The largest absolute Gasteiger partial charge is 1.00 e. The summed E-state index contributed by atoms with van der Waals surface area (Å²) in [6, 6.07) is 5.61. The summed E-state index contributed by atoms with van der Waals surface area (Å²) in [4.78, 5) is -0.384. The van der Waals surface area contributed by atoms with Crippen LogP contribution in [0.3, 0.4) is 0 Å². The van der Waals surface area contributed by atoms with Gasteiger partial charge in [0, 0.05) is 20.8 Å². The fourth-order valence-corrected chi connectivity index (χ4v) is 1.79. The maximum Gasteiger partial charge on any atom is 1.00 e. The van der Waals surface area contributed by atoms with Crippen LogP contribution in [0.5, 0.6) is 0 Å². The van der Waals surface area contributed by atoms with E-state index in [4.69, 9.17) is 0 Å². The Morgan fingerprint density at radius 3 is 2.17 bits per heavy atom. The third kappa shape index (κ3) is 4.70. The molecule has 0 radical (unpaired) electrons. The third-order valence-corrected chi connectivity index (χ3v) is 3.02. The van der Waals surface area contributed by atoms with E-state index in [1.165, 1.54) is 18.2 Å². The molecule has 0 atom stereocenters. The molecule has 1 aromatic rings. The average Bonchev–Trinajstić information content (AvgIpc) is 2.15. The zero-order valence-corrected chi connectivity index (χ0v) is 13.7. The topological polar surface area (TPSA) is 83.3 Å². The second-order valence-electron chi connectivity index (χ2n) is 4.62. The Hall–Kier alpha value is -0.400. The van der Waals surface area contributed by atoms with Gasteiger partial charge in [-0.05, 0) is 12.1 Å². The minimum atomic E-state index is -4.57. The molecule has 94 valence electrons. The number of hydrogen-bond donors (Lipinski definition) is 0. The van der Waals surface area contributed by atoms with Gasteiger partial charge in [0.05, 0.1) is 10.5 Å². The zero-order valence-electron chi connectivity index (χ0n) is 10.9. The zero-order chi connectivity index (χ0) is 13.3. The summed E-state index contributed by atoms with van der Waals surface area (Å²) >= 11 is 0. The van der Waals surface area contributed by atoms with Crippen LogP contribution in [0.15, 0.2) is 29.2 Å². The molecule has 0 saturated heterocycles. The molecule has 0 amide bonds. The Morgan fingerprint density at radius 2 is 1.72 bits per heavy atom. The molecule has 0 spiro atoms. The van der Waals surface area contributed by atoms with Crippen LogP contribution in [-0.2, 0) is 10.1 Å². The van der Waals surface area contributed by atoms with Crippen LogP contribution in [0.1, 0.15) is 26.3 Å². The van der Waals surface area contributed by atoms with Gasteiger partial charge in [-0.3, -0.25) is 0 Å². The molecule has 0 N–H and O–H groups in total. The quantitative estimate of drug-likeness (QED) is 0.162. The summed E-state index contributed by atoms with van der Waals surface area (Å²) < 4.78 is 33.6. The Kier molecular flexibility index (Phi) is 6.03. The molecule has 0 heterocycles. The van der Waals surface area contributed by atoms with Crippen LogP contribution >= 0.6 is 0 Å². The monoisotopic (exact) mass is 279 g/mol. The summed E-state index contributed by atoms with van der Waals surface area (Å²) in [5.41, 5.74) is -0.591. The molecular weight excluding hydrogens is 265 g/mol. The first-order valence-electron chi connectivity index (χ1n) is 4.98. The van der Waals surface area contributed by atoms with Crippen molar-refractivity contribution in [3.63, 3.8) is 0 Å². The minimum absolute atomic E-state index is 0. The first-order chi connectivity index (χ1) is 7.62. The van der Waals surface area contributed by atoms with Crippen LogP contribution in [0.25, 0.3) is 0 Å². The van der Waals surface area contributed by atoms with Gasteiger partial charge in [-0.15, -0.1) is 0 Å². The predicted molar refractivity (Wildman–Crippen MR) is 63.0 cm³/mol. The molecule has 0 saturated carbocycles. The molecule has 0 fully saturated rings. The van der Waals surface area contributed by atoms with Gasteiger partial charge in [0.25, 0.3) is 0 Å².